The Morgan fingerprint density at radius 3 is 2.41 bits per heavy atom. The number of hydrogen-bond acceptors (Lipinski definition) is 4. The average Bonchev–Trinajstić information content (AvgIpc) is 3.30. The molecule has 27 heavy (non-hydrogen) atoms. The quantitative estimate of drug-likeness (QED) is 0.393. The minimum absolute atomic E-state index is 0.596. The average molecular weight is 352 g/mol. The smallest absolute Gasteiger partial charge is 0.227 e. The highest BCUT2D eigenvalue weighted by atomic mass is 16.4. The number of aromatic nitrogens is 2. The van der Waals surface area contributed by atoms with Gasteiger partial charge in [-0.2, -0.15) is 0 Å². The van der Waals surface area contributed by atoms with Crippen LogP contribution < -0.4 is 0 Å². The van der Waals surface area contributed by atoms with Crippen molar-refractivity contribution in [2.75, 3.05) is 0 Å². The molecule has 0 bridgehead atoms. The molecular weight excluding hydrogens is 336 g/mol. The van der Waals surface area contributed by atoms with Crippen LogP contribution in [0.3, 0.4) is 0 Å². The molecule has 0 saturated carbocycles. The minimum Gasteiger partial charge on any atom is -0.437 e. The van der Waals surface area contributed by atoms with Gasteiger partial charge < -0.3 is 8.83 Å². The van der Waals surface area contributed by atoms with E-state index in [2.05, 4.69) is 9.97 Å². The third-order valence-electron chi connectivity index (χ3n) is 4.43. The van der Waals surface area contributed by atoms with Crippen LogP contribution in [0.4, 0.5) is 0 Å². The number of aryl methyl sites for hydroxylation is 1. The van der Waals surface area contributed by atoms with Gasteiger partial charge in [0.1, 0.15) is 11.0 Å². The van der Waals surface area contributed by atoms with Gasteiger partial charge in [0.05, 0.1) is 0 Å². The Bertz CT molecular complexity index is 1240. The van der Waals surface area contributed by atoms with Gasteiger partial charge in [-0.05, 0) is 60.5 Å². The molecule has 130 valence electrons. The summed E-state index contributed by atoms with van der Waals surface area (Å²) >= 11 is 0. The van der Waals surface area contributed by atoms with E-state index in [0.717, 1.165) is 33.3 Å². The highest BCUT2D eigenvalue weighted by Crippen LogP contribution is 2.25. The van der Waals surface area contributed by atoms with Gasteiger partial charge in [0.25, 0.3) is 0 Å². The number of para-hydroxylation sites is 2. The van der Waals surface area contributed by atoms with Crippen LogP contribution in [-0.4, -0.2) is 9.97 Å². The molecule has 0 unspecified atom stereocenters. The fourth-order valence-corrected chi connectivity index (χ4v) is 3.03. The van der Waals surface area contributed by atoms with Gasteiger partial charge in [-0.25, -0.2) is 9.97 Å². The Balaban J connectivity index is 1.39. The lowest BCUT2D eigenvalue weighted by molar-refractivity contribution is 0.589. The lowest BCUT2D eigenvalue weighted by atomic mass is 10.1. The molecule has 4 nitrogen and oxygen atoms in total. The first-order valence-corrected chi connectivity index (χ1v) is 8.76. The molecule has 2 heterocycles. The van der Waals surface area contributed by atoms with E-state index in [1.807, 2.05) is 85.8 Å². The molecule has 4 heteroatoms. The van der Waals surface area contributed by atoms with Crippen LogP contribution in [-0.2, 0) is 0 Å². The van der Waals surface area contributed by atoms with E-state index in [1.54, 1.807) is 0 Å². The largest absolute Gasteiger partial charge is 0.437 e. The molecule has 5 rings (SSSR count). The van der Waals surface area contributed by atoms with Crippen LogP contribution in [0.1, 0.15) is 17.0 Å². The molecular formula is C23H16N2O2. The number of nitrogens with zero attached hydrogens (tertiary/aromatic N) is 2. The van der Waals surface area contributed by atoms with Gasteiger partial charge >= 0.3 is 0 Å². The zero-order valence-corrected chi connectivity index (χ0v) is 14.7. The van der Waals surface area contributed by atoms with Gasteiger partial charge in [-0.1, -0.05) is 30.3 Å². The Kier molecular flexibility index (Phi) is 3.61. The van der Waals surface area contributed by atoms with E-state index >= 15 is 0 Å². The maximum atomic E-state index is 5.81. The van der Waals surface area contributed by atoms with E-state index in [0.29, 0.717) is 11.8 Å². The van der Waals surface area contributed by atoms with Crippen molar-refractivity contribution in [3.63, 3.8) is 0 Å². The van der Waals surface area contributed by atoms with Crippen LogP contribution in [0.15, 0.2) is 75.6 Å². The first-order chi connectivity index (χ1) is 13.2. The zero-order valence-electron chi connectivity index (χ0n) is 14.7. The summed E-state index contributed by atoms with van der Waals surface area (Å²) in [6.07, 6.45) is 3.86. The van der Waals surface area contributed by atoms with Gasteiger partial charge in [-0.3, -0.25) is 0 Å². The topological polar surface area (TPSA) is 52.1 Å². The number of rotatable bonds is 3. The van der Waals surface area contributed by atoms with E-state index in [4.69, 9.17) is 8.83 Å². The predicted octanol–water partition coefficient (Wildman–Crippen LogP) is 6.11. The SMILES string of the molecule is Cc1ccc2oc(C=Cc3ccc(-c4nc5ccccc5o4)cc3)nc2c1. The second kappa shape index (κ2) is 6.25. The van der Waals surface area contributed by atoms with Crippen molar-refractivity contribution in [1.29, 1.82) is 0 Å². The number of fused-ring (bicyclic) bond motifs is 2. The molecule has 0 atom stereocenters. The van der Waals surface area contributed by atoms with Crippen LogP contribution in [0.25, 0.3) is 45.8 Å². The molecule has 3 aromatic carbocycles. The minimum atomic E-state index is 0.596. The van der Waals surface area contributed by atoms with Crippen LogP contribution >= 0.6 is 0 Å². The van der Waals surface area contributed by atoms with Crippen LogP contribution in [0.5, 0.6) is 0 Å². The molecule has 0 aliphatic carbocycles. The zero-order chi connectivity index (χ0) is 18.2. The van der Waals surface area contributed by atoms with Gasteiger partial charge in [0.15, 0.2) is 11.2 Å². The van der Waals surface area contributed by atoms with Crippen LogP contribution in [0.2, 0.25) is 0 Å². The summed E-state index contributed by atoms with van der Waals surface area (Å²) in [7, 11) is 0. The molecule has 0 saturated heterocycles. The maximum absolute atomic E-state index is 5.81. The Morgan fingerprint density at radius 2 is 1.56 bits per heavy atom. The van der Waals surface area contributed by atoms with Crippen LogP contribution in [0, 0.1) is 6.92 Å². The molecule has 0 amide bonds. The normalized spacial score (nSPS) is 11.7. The molecule has 0 spiro atoms. The van der Waals surface area contributed by atoms with Crippen molar-refractivity contribution in [3.05, 3.63) is 83.7 Å². The summed E-state index contributed by atoms with van der Waals surface area (Å²) < 4.78 is 11.6. The highest BCUT2D eigenvalue weighted by molar-refractivity contribution is 5.78. The molecule has 2 aromatic heterocycles. The molecule has 0 aliphatic heterocycles. The van der Waals surface area contributed by atoms with Gasteiger partial charge in [0.2, 0.25) is 11.8 Å². The number of benzene rings is 3. The first-order valence-electron chi connectivity index (χ1n) is 8.76. The fourth-order valence-electron chi connectivity index (χ4n) is 3.03. The molecule has 0 N–H and O–H groups in total. The van der Waals surface area contributed by atoms with Crippen molar-refractivity contribution >= 4 is 34.4 Å². The van der Waals surface area contributed by atoms with Gasteiger partial charge in [0, 0.05) is 11.6 Å². The Labute approximate surface area is 155 Å². The lowest BCUT2D eigenvalue weighted by Crippen LogP contribution is -1.78. The van der Waals surface area contributed by atoms with E-state index < -0.39 is 0 Å². The molecule has 0 fully saturated rings. The van der Waals surface area contributed by atoms with Crippen molar-refractivity contribution in [1.82, 2.24) is 9.97 Å². The maximum Gasteiger partial charge on any atom is 0.227 e. The summed E-state index contributed by atoms with van der Waals surface area (Å²) in [6.45, 7) is 2.04. The first kappa shape index (κ1) is 15.6. The van der Waals surface area contributed by atoms with Crippen molar-refractivity contribution in [2.45, 2.75) is 6.92 Å². The van der Waals surface area contributed by atoms with Gasteiger partial charge in [-0.15, -0.1) is 0 Å². The second-order valence-electron chi connectivity index (χ2n) is 6.47. The van der Waals surface area contributed by atoms with Crippen molar-refractivity contribution in [3.8, 4) is 11.5 Å². The summed E-state index contributed by atoms with van der Waals surface area (Å²) in [5, 5.41) is 0. The molecule has 5 aromatic rings. The van der Waals surface area contributed by atoms with E-state index in [1.165, 1.54) is 5.56 Å². The monoisotopic (exact) mass is 352 g/mol. The second-order valence-corrected chi connectivity index (χ2v) is 6.47. The molecule has 0 aliphatic rings. The van der Waals surface area contributed by atoms with E-state index in [-0.39, 0.29) is 0 Å². The van der Waals surface area contributed by atoms with Crippen molar-refractivity contribution < 1.29 is 8.83 Å². The third-order valence-corrected chi connectivity index (χ3v) is 4.43. The van der Waals surface area contributed by atoms with E-state index in [9.17, 15) is 0 Å². The fraction of sp³-hybridized carbons (Fsp3) is 0.0435. The summed E-state index contributed by atoms with van der Waals surface area (Å²) in [4.78, 5) is 9.03. The number of oxazole rings is 2. The Morgan fingerprint density at radius 1 is 0.741 bits per heavy atom. The summed E-state index contributed by atoms with van der Waals surface area (Å²) in [6, 6.07) is 21.8. The number of hydrogen-bond donors (Lipinski definition) is 0. The highest BCUT2D eigenvalue weighted by Gasteiger charge is 2.07. The van der Waals surface area contributed by atoms with Crippen molar-refractivity contribution in [2.24, 2.45) is 0 Å². The predicted molar refractivity (Wildman–Crippen MR) is 107 cm³/mol. The Hall–Kier alpha value is -3.66. The summed E-state index contributed by atoms with van der Waals surface area (Å²) in [5.74, 6) is 1.22. The third kappa shape index (κ3) is 3.02. The molecule has 0 radical (unpaired) electrons. The standard InChI is InChI=1S/C23H16N2O2/c1-15-6-12-21-19(14-15)24-22(26-21)13-9-16-7-10-17(11-8-16)23-25-18-4-2-3-5-20(18)27-23/h2-14H,1H3. The lowest BCUT2D eigenvalue weighted by Gasteiger charge is -1.96. The summed E-state index contributed by atoms with van der Waals surface area (Å²) in [5.41, 5.74) is 6.49.